The Hall–Kier alpha value is -2.29. The van der Waals surface area contributed by atoms with Gasteiger partial charge in [0.15, 0.2) is 5.96 Å². The van der Waals surface area contributed by atoms with Crippen LogP contribution in [0.2, 0.25) is 0 Å². The first-order chi connectivity index (χ1) is 13.6. The van der Waals surface area contributed by atoms with Crippen LogP contribution in [0.3, 0.4) is 0 Å². The molecule has 1 saturated heterocycles. The van der Waals surface area contributed by atoms with E-state index in [1.165, 1.54) is 0 Å². The zero-order valence-electron chi connectivity index (χ0n) is 16.5. The molecular weight excluding hydrogens is 479 g/mol. The summed E-state index contributed by atoms with van der Waals surface area (Å²) in [5.74, 6) is 1.57. The smallest absolute Gasteiger partial charge is 0.223 e. The molecule has 0 radical (unpaired) electrons. The van der Waals surface area contributed by atoms with Crippen molar-refractivity contribution < 1.29 is 9.53 Å². The quantitative estimate of drug-likeness (QED) is 0.379. The number of nitrogens with zero attached hydrogens (tertiary/aromatic N) is 2. The summed E-state index contributed by atoms with van der Waals surface area (Å²) in [5, 5.41) is 3.33. The Balaban J connectivity index is 0.00000240. The number of benzene rings is 2. The van der Waals surface area contributed by atoms with E-state index in [4.69, 9.17) is 10.5 Å². The average Bonchev–Trinajstić information content (AvgIpc) is 3.01. The number of carbonyl (C=O) groups is 1. The number of nitrogens with one attached hydrogen (secondary N) is 1. The van der Waals surface area contributed by atoms with E-state index in [-0.39, 0.29) is 47.9 Å². The van der Waals surface area contributed by atoms with Gasteiger partial charge >= 0.3 is 0 Å². The Bertz CT molecular complexity index is 874. The molecule has 0 spiro atoms. The number of ether oxygens (including phenoxy) is 1. The third-order valence-electron chi connectivity index (χ3n) is 5.61. The Morgan fingerprint density at radius 1 is 1.21 bits per heavy atom. The summed E-state index contributed by atoms with van der Waals surface area (Å²) in [6, 6.07) is 18.2. The summed E-state index contributed by atoms with van der Waals surface area (Å²) < 4.78 is 5.70. The maximum atomic E-state index is 12.3. The minimum atomic E-state index is 0. The van der Waals surface area contributed by atoms with Crippen LogP contribution in [0.25, 0.3) is 0 Å². The molecule has 6 nitrogen and oxygen atoms in total. The number of aliphatic imine (C=N–C) groups is 1. The summed E-state index contributed by atoms with van der Waals surface area (Å²) in [4.78, 5) is 18.7. The van der Waals surface area contributed by atoms with Crippen molar-refractivity contribution in [2.24, 2.45) is 16.6 Å². The first-order valence-corrected chi connectivity index (χ1v) is 9.72. The van der Waals surface area contributed by atoms with E-state index in [9.17, 15) is 4.79 Å². The fourth-order valence-electron chi connectivity index (χ4n) is 4.19. The van der Waals surface area contributed by atoms with E-state index in [0.29, 0.717) is 25.5 Å². The Morgan fingerprint density at radius 3 is 2.72 bits per heavy atom. The van der Waals surface area contributed by atoms with Gasteiger partial charge in [-0.1, -0.05) is 48.5 Å². The fourth-order valence-corrected chi connectivity index (χ4v) is 4.19. The highest BCUT2D eigenvalue weighted by Gasteiger charge is 2.38. The van der Waals surface area contributed by atoms with Crippen molar-refractivity contribution in [1.29, 1.82) is 0 Å². The second kappa shape index (κ2) is 9.47. The van der Waals surface area contributed by atoms with Crippen LogP contribution in [-0.2, 0) is 4.79 Å². The number of amides is 1. The Labute approximate surface area is 188 Å². The predicted octanol–water partition coefficient (Wildman–Crippen LogP) is 3.25. The molecule has 1 unspecified atom stereocenters. The third-order valence-corrected chi connectivity index (χ3v) is 5.61. The summed E-state index contributed by atoms with van der Waals surface area (Å²) in [6.45, 7) is 1.17. The number of halogens is 1. The molecule has 0 aromatic heterocycles. The van der Waals surface area contributed by atoms with Gasteiger partial charge in [-0.15, -0.1) is 24.0 Å². The average molecular weight is 506 g/mol. The van der Waals surface area contributed by atoms with Gasteiger partial charge in [-0.05, 0) is 11.6 Å². The van der Waals surface area contributed by atoms with E-state index in [2.05, 4.69) is 28.5 Å². The maximum Gasteiger partial charge on any atom is 0.223 e. The molecule has 2 aliphatic rings. The standard InChI is InChI=1S/C22H26N4O2.HI/c1-26-20(27)13-16(21(26)15-7-3-2-4-8-15)14-24-22(23)25-18-11-12-28-19-10-6-5-9-17(18)19;/h2-10,16,18,21H,11-14H2,1H3,(H3,23,24,25);1H/t16-,18?,21-;/m0./s1. The van der Waals surface area contributed by atoms with Crippen LogP contribution in [0.5, 0.6) is 5.75 Å². The van der Waals surface area contributed by atoms with E-state index in [1.807, 2.05) is 48.3 Å². The number of hydrogen-bond donors (Lipinski definition) is 2. The van der Waals surface area contributed by atoms with Crippen LogP contribution in [0.4, 0.5) is 0 Å². The molecule has 2 aromatic carbocycles. The molecule has 154 valence electrons. The lowest BCUT2D eigenvalue weighted by molar-refractivity contribution is -0.127. The lowest BCUT2D eigenvalue weighted by Crippen LogP contribution is -2.37. The summed E-state index contributed by atoms with van der Waals surface area (Å²) in [7, 11) is 1.87. The van der Waals surface area contributed by atoms with E-state index in [0.717, 1.165) is 23.3 Å². The predicted molar refractivity (Wildman–Crippen MR) is 124 cm³/mol. The number of hydrogen-bond acceptors (Lipinski definition) is 3. The van der Waals surface area contributed by atoms with Crippen molar-refractivity contribution in [2.45, 2.75) is 24.9 Å². The van der Waals surface area contributed by atoms with Crippen LogP contribution >= 0.6 is 24.0 Å². The van der Waals surface area contributed by atoms with E-state index >= 15 is 0 Å². The summed E-state index contributed by atoms with van der Waals surface area (Å²) in [5.41, 5.74) is 8.43. The molecule has 0 aliphatic carbocycles. The number of likely N-dealkylation sites (tertiary alicyclic amines) is 1. The summed E-state index contributed by atoms with van der Waals surface area (Å²) >= 11 is 0. The molecular formula is C22H27IN4O2. The number of para-hydroxylation sites is 1. The SMILES string of the molecule is CN1C(=O)C[C@@H](CN=C(N)NC2CCOc3ccccc32)[C@@H]1c1ccccc1.I. The van der Waals surface area contributed by atoms with Crippen molar-refractivity contribution in [3.63, 3.8) is 0 Å². The van der Waals surface area contributed by atoms with Crippen molar-refractivity contribution in [3.05, 3.63) is 65.7 Å². The Kier molecular flexibility index (Phi) is 7.00. The lowest BCUT2D eigenvalue weighted by Gasteiger charge is -2.27. The van der Waals surface area contributed by atoms with Gasteiger partial charge in [0.1, 0.15) is 5.75 Å². The van der Waals surface area contributed by atoms with Crippen LogP contribution in [0.1, 0.15) is 36.1 Å². The van der Waals surface area contributed by atoms with Crippen LogP contribution in [0, 0.1) is 5.92 Å². The van der Waals surface area contributed by atoms with Gasteiger partial charge in [0.2, 0.25) is 5.91 Å². The molecule has 7 heteroatoms. The number of rotatable bonds is 4. The molecule has 0 saturated carbocycles. The second-order valence-corrected chi connectivity index (χ2v) is 7.42. The van der Waals surface area contributed by atoms with Gasteiger partial charge in [-0.25, -0.2) is 0 Å². The molecule has 2 heterocycles. The first kappa shape index (κ1) is 21.4. The highest BCUT2D eigenvalue weighted by atomic mass is 127. The zero-order valence-corrected chi connectivity index (χ0v) is 18.8. The number of carbonyl (C=O) groups excluding carboxylic acids is 1. The van der Waals surface area contributed by atoms with Gasteiger partial charge in [0.05, 0.1) is 18.7 Å². The van der Waals surface area contributed by atoms with Gasteiger partial charge in [0, 0.05) is 37.9 Å². The molecule has 2 aliphatic heterocycles. The molecule has 29 heavy (non-hydrogen) atoms. The molecule has 1 fully saturated rings. The lowest BCUT2D eigenvalue weighted by atomic mass is 9.94. The van der Waals surface area contributed by atoms with Crippen LogP contribution in [0.15, 0.2) is 59.6 Å². The van der Waals surface area contributed by atoms with Gasteiger partial charge in [0.25, 0.3) is 0 Å². The first-order valence-electron chi connectivity index (χ1n) is 9.72. The highest BCUT2D eigenvalue weighted by Crippen LogP contribution is 2.37. The van der Waals surface area contributed by atoms with Gasteiger partial charge in [-0.3, -0.25) is 9.79 Å². The molecule has 2 aromatic rings. The number of fused-ring (bicyclic) bond motifs is 1. The van der Waals surface area contributed by atoms with E-state index in [1.54, 1.807) is 0 Å². The van der Waals surface area contributed by atoms with Crippen molar-refractivity contribution >= 4 is 35.8 Å². The van der Waals surface area contributed by atoms with E-state index < -0.39 is 0 Å². The zero-order chi connectivity index (χ0) is 19.5. The van der Waals surface area contributed by atoms with Crippen molar-refractivity contribution in [3.8, 4) is 5.75 Å². The Morgan fingerprint density at radius 2 is 1.93 bits per heavy atom. The molecule has 0 bridgehead atoms. The topological polar surface area (TPSA) is 80.0 Å². The van der Waals surface area contributed by atoms with Gasteiger partial charge < -0.3 is 20.7 Å². The molecule has 3 atom stereocenters. The van der Waals surface area contributed by atoms with Crippen LogP contribution < -0.4 is 15.8 Å². The normalized spacial score (nSPS) is 23.8. The minimum Gasteiger partial charge on any atom is -0.493 e. The van der Waals surface area contributed by atoms with Gasteiger partial charge in [-0.2, -0.15) is 0 Å². The number of guanidine groups is 1. The molecule has 3 N–H and O–H groups in total. The maximum absolute atomic E-state index is 12.3. The van der Waals surface area contributed by atoms with Crippen LogP contribution in [-0.4, -0.2) is 37.0 Å². The highest BCUT2D eigenvalue weighted by molar-refractivity contribution is 14.0. The molecule has 4 rings (SSSR count). The molecule has 1 amide bonds. The third kappa shape index (κ3) is 4.66. The monoisotopic (exact) mass is 506 g/mol. The van der Waals surface area contributed by atoms with Crippen molar-refractivity contribution in [1.82, 2.24) is 10.2 Å². The van der Waals surface area contributed by atoms with Crippen molar-refractivity contribution in [2.75, 3.05) is 20.2 Å². The fraction of sp³-hybridized carbons (Fsp3) is 0.364. The number of nitrogens with two attached hydrogens (primary N) is 1. The minimum absolute atomic E-state index is 0. The second-order valence-electron chi connectivity index (χ2n) is 7.42. The largest absolute Gasteiger partial charge is 0.493 e. The summed E-state index contributed by atoms with van der Waals surface area (Å²) in [6.07, 6.45) is 1.33.